The first-order valence-corrected chi connectivity index (χ1v) is 8.90. The highest BCUT2D eigenvalue weighted by Crippen LogP contribution is 2.26. The monoisotopic (exact) mass is 348 g/mol. The smallest absolute Gasteiger partial charge is 0.253 e. The fourth-order valence-corrected chi connectivity index (χ4v) is 3.80. The number of piperidine rings is 1. The van der Waals surface area contributed by atoms with Gasteiger partial charge in [-0.1, -0.05) is 6.07 Å². The molecule has 3 rings (SSSR count). The van der Waals surface area contributed by atoms with Crippen LogP contribution in [0, 0.1) is 17.6 Å². The number of pyridine rings is 1. The Morgan fingerprint density at radius 2 is 1.96 bits per heavy atom. The van der Waals surface area contributed by atoms with Crippen LogP contribution in [0.25, 0.3) is 0 Å². The zero-order valence-electron chi connectivity index (χ0n) is 13.1. The first-order chi connectivity index (χ1) is 11.6. The van der Waals surface area contributed by atoms with Crippen molar-refractivity contribution in [3.8, 4) is 0 Å². The van der Waals surface area contributed by atoms with Gasteiger partial charge in [-0.3, -0.25) is 4.79 Å². The van der Waals surface area contributed by atoms with Crippen LogP contribution < -0.4 is 0 Å². The summed E-state index contributed by atoms with van der Waals surface area (Å²) in [7, 11) is 0. The highest BCUT2D eigenvalue weighted by Gasteiger charge is 2.24. The number of amides is 1. The summed E-state index contributed by atoms with van der Waals surface area (Å²) in [5.74, 6) is -0.639. The summed E-state index contributed by atoms with van der Waals surface area (Å²) in [4.78, 5) is 18.4. The second-order valence-corrected chi connectivity index (χ2v) is 6.88. The molecule has 0 N–H and O–H groups in total. The van der Waals surface area contributed by atoms with Gasteiger partial charge in [0.2, 0.25) is 0 Å². The molecular formula is C18H18F2N2OS. The number of nitrogens with zero attached hydrogens (tertiary/aromatic N) is 2. The van der Waals surface area contributed by atoms with Gasteiger partial charge in [-0.15, -0.1) is 11.8 Å². The lowest BCUT2D eigenvalue weighted by Gasteiger charge is -2.32. The van der Waals surface area contributed by atoms with Crippen LogP contribution in [0.15, 0.2) is 47.6 Å². The molecule has 2 aromatic rings. The first kappa shape index (κ1) is 16.9. The minimum Gasteiger partial charge on any atom is -0.339 e. The number of thioether (sulfide) groups is 1. The molecule has 1 aliphatic heterocycles. The van der Waals surface area contributed by atoms with Gasteiger partial charge in [0.1, 0.15) is 0 Å². The molecule has 0 bridgehead atoms. The van der Waals surface area contributed by atoms with Gasteiger partial charge in [0.15, 0.2) is 11.6 Å². The molecule has 0 saturated carbocycles. The topological polar surface area (TPSA) is 33.2 Å². The maximum Gasteiger partial charge on any atom is 0.253 e. The van der Waals surface area contributed by atoms with Crippen LogP contribution in [0.3, 0.4) is 0 Å². The van der Waals surface area contributed by atoms with Crippen molar-refractivity contribution in [3.63, 3.8) is 0 Å². The molecule has 0 spiro atoms. The van der Waals surface area contributed by atoms with Crippen LogP contribution in [0.4, 0.5) is 8.78 Å². The zero-order valence-corrected chi connectivity index (χ0v) is 13.9. The second-order valence-electron chi connectivity index (χ2n) is 5.84. The number of benzene rings is 1. The van der Waals surface area contributed by atoms with Crippen LogP contribution in [-0.4, -0.2) is 34.6 Å². The van der Waals surface area contributed by atoms with Gasteiger partial charge in [0, 0.05) is 30.6 Å². The third-order valence-corrected chi connectivity index (χ3v) is 5.35. The van der Waals surface area contributed by atoms with E-state index in [1.165, 1.54) is 6.07 Å². The van der Waals surface area contributed by atoms with Crippen LogP contribution in [0.2, 0.25) is 0 Å². The molecule has 1 saturated heterocycles. The van der Waals surface area contributed by atoms with Crippen LogP contribution >= 0.6 is 11.8 Å². The van der Waals surface area contributed by atoms with Crippen molar-refractivity contribution < 1.29 is 13.6 Å². The summed E-state index contributed by atoms with van der Waals surface area (Å²) >= 11 is 1.73. The summed E-state index contributed by atoms with van der Waals surface area (Å²) in [5.41, 5.74) is 0.204. The summed E-state index contributed by atoms with van der Waals surface area (Å²) in [5, 5.41) is 1.01. The molecule has 1 aliphatic rings. The van der Waals surface area contributed by atoms with Gasteiger partial charge in [0.05, 0.1) is 5.03 Å². The quantitative estimate of drug-likeness (QED) is 0.783. The van der Waals surface area contributed by atoms with Gasteiger partial charge in [-0.25, -0.2) is 13.8 Å². The van der Waals surface area contributed by atoms with E-state index >= 15 is 0 Å². The number of hydrogen-bond donors (Lipinski definition) is 0. The van der Waals surface area contributed by atoms with Gasteiger partial charge < -0.3 is 4.90 Å². The molecule has 0 atom stereocenters. The average Bonchev–Trinajstić information content (AvgIpc) is 2.63. The van der Waals surface area contributed by atoms with Crippen molar-refractivity contribution in [2.24, 2.45) is 5.92 Å². The highest BCUT2D eigenvalue weighted by atomic mass is 32.2. The third-order valence-electron chi connectivity index (χ3n) is 4.17. The average molecular weight is 348 g/mol. The Kier molecular flexibility index (Phi) is 5.45. The number of carbonyl (C=O) groups is 1. The SMILES string of the molecule is O=C(c1ccc(F)c(F)c1)N1CCC(CSc2ccccn2)CC1. The van der Waals surface area contributed by atoms with E-state index in [1.54, 1.807) is 22.9 Å². The van der Waals surface area contributed by atoms with Gasteiger partial charge >= 0.3 is 0 Å². The molecule has 126 valence electrons. The Morgan fingerprint density at radius 3 is 2.62 bits per heavy atom. The first-order valence-electron chi connectivity index (χ1n) is 7.91. The second kappa shape index (κ2) is 7.75. The summed E-state index contributed by atoms with van der Waals surface area (Å²) in [6.45, 7) is 1.29. The predicted octanol–water partition coefficient (Wildman–Crippen LogP) is 4.00. The Balaban J connectivity index is 1.51. The number of rotatable bonds is 4. The predicted molar refractivity (Wildman–Crippen MR) is 89.9 cm³/mol. The molecule has 0 unspecified atom stereocenters. The fourth-order valence-electron chi connectivity index (χ4n) is 2.75. The van der Waals surface area contributed by atoms with E-state index in [1.807, 2.05) is 18.2 Å². The molecule has 0 radical (unpaired) electrons. The van der Waals surface area contributed by atoms with Crippen LogP contribution in [0.5, 0.6) is 0 Å². The van der Waals surface area contributed by atoms with E-state index in [9.17, 15) is 13.6 Å². The van der Waals surface area contributed by atoms with Crippen LogP contribution in [0.1, 0.15) is 23.2 Å². The molecule has 2 heterocycles. The van der Waals surface area contributed by atoms with Gasteiger partial charge in [-0.2, -0.15) is 0 Å². The molecular weight excluding hydrogens is 330 g/mol. The Labute approximate surface area is 144 Å². The van der Waals surface area contributed by atoms with Crippen molar-refractivity contribution >= 4 is 17.7 Å². The summed E-state index contributed by atoms with van der Waals surface area (Å²) in [6, 6.07) is 9.17. The van der Waals surface area contributed by atoms with Crippen molar-refractivity contribution in [2.45, 2.75) is 17.9 Å². The van der Waals surface area contributed by atoms with Crippen molar-refractivity contribution in [1.29, 1.82) is 0 Å². The van der Waals surface area contributed by atoms with Crippen molar-refractivity contribution in [3.05, 3.63) is 59.8 Å². The van der Waals surface area contributed by atoms with E-state index in [4.69, 9.17) is 0 Å². The molecule has 1 amide bonds. The number of likely N-dealkylation sites (tertiary alicyclic amines) is 1. The Morgan fingerprint density at radius 1 is 1.17 bits per heavy atom. The van der Waals surface area contributed by atoms with Gasteiger partial charge in [0.25, 0.3) is 5.91 Å². The van der Waals surface area contributed by atoms with E-state index in [0.29, 0.717) is 19.0 Å². The maximum absolute atomic E-state index is 13.3. The lowest BCUT2D eigenvalue weighted by Crippen LogP contribution is -2.39. The lowest BCUT2D eigenvalue weighted by atomic mass is 9.98. The fraction of sp³-hybridized carbons (Fsp3) is 0.333. The van der Waals surface area contributed by atoms with E-state index in [2.05, 4.69) is 4.98 Å². The molecule has 3 nitrogen and oxygen atoms in total. The number of halogens is 2. The molecule has 1 fully saturated rings. The highest BCUT2D eigenvalue weighted by molar-refractivity contribution is 7.99. The third kappa shape index (κ3) is 4.12. The molecule has 1 aromatic carbocycles. The van der Waals surface area contributed by atoms with E-state index < -0.39 is 11.6 Å². The largest absolute Gasteiger partial charge is 0.339 e. The normalized spacial score (nSPS) is 15.5. The van der Waals surface area contributed by atoms with E-state index in [0.717, 1.165) is 35.8 Å². The van der Waals surface area contributed by atoms with Crippen molar-refractivity contribution in [2.75, 3.05) is 18.8 Å². The maximum atomic E-state index is 13.3. The Bertz CT molecular complexity index is 703. The number of hydrogen-bond acceptors (Lipinski definition) is 3. The number of aromatic nitrogens is 1. The Hall–Kier alpha value is -1.95. The van der Waals surface area contributed by atoms with E-state index in [-0.39, 0.29) is 11.5 Å². The summed E-state index contributed by atoms with van der Waals surface area (Å²) in [6.07, 6.45) is 3.61. The summed E-state index contributed by atoms with van der Waals surface area (Å²) < 4.78 is 26.2. The molecule has 0 aliphatic carbocycles. The standard InChI is InChI=1S/C18H18F2N2OS/c19-15-5-4-14(11-16(15)20)18(23)22-9-6-13(7-10-22)12-24-17-3-1-2-8-21-17/h1-5,8,11,13H,6-7,9-10,12H2. The van der Waals surface area contributed by atoms with Gasteiger partial charge in [-0.05, 0) is 49.1 Å². The molecule has 24 heavy (non-hydrogen) atoms. The molecule has 6 heteroatoms. The number of carbonyl (C=O) groups excluding carboxylic acids is 1. The lowest BCUT2D eigenvalue weighted by molar-refractivity contribution is 0.0698. The van der Waals surface area contributed by atoms with Crippen LogP contribution in [-0.2, 0) is 0 Å². The minimum absolute atomic E-state index is 0.204. The minimum atomic E-state index is -0.984. The van der Waals surface area contributed by atoms with Crippen molar-refractivity contribution in [1.82, 2.24) is 9.88 Å². The molecule has 1 aromatic heterocycles. The zero-order chi connectivity index (χ0) is 16.9.